The van der Waals surface area contributed by atoms with E-state index in [0.29, 0.717) is 11.6 Å². The van der Waals surface area contributed by atoms with Crippen LogP contribution in [0.5, 0.6) is 0 Å². The van der Waals surface area contributed by atoms with E-state index >= 15 is 0 Å². The van der Waals surface area contributed by atoms with Crippen molar-refractivity contribution in [2.75, 3.05) is 0 Å². The van der Waals surface area contributed by atoms with Crippen LogP contribution in [0.1, 0.15) is 32.0 Å². The van der Waals surface area contributed by atoms with E-state index in [9.17, 15) is 0 Å². The largest absolute Gasteiger partial charge is 0.271 e. The van der Waals surface area contributed by atoms with E-state index in [0.717, 1.165) is 18.5 Å². The van der Waals surface area contributed by atoms with E-state index in [-0.39, 0.29) is 0 Å². The molecule has 0 bridgehead atoms. The van der Waals surface area contributed by atoms with E-state index in [1.165, 1.54) is 0 Å². The van der Waals surface area contributed by atoms with Gasteiger partial charge in [-0.1, -0.05) is 13.8 Å². The normalized spacial score (nSPS) is 10.4. The molecule has 3 nitrogen and oxygen atoms in total. The summed E-state index contributed by atoms with van der Waals surface area (Å²) in [6, 6.07) is 2.12. The summed E-state index contributed by atoms with van der Waals surface area (Å²) in [6.45, 7) is 7.13. The van der Waals surface area contributed by atoms with Crippen molar-refractivity contribution in [2.45, 2.75) is 33.7 Å². The van der Waals surface area contributed by atoms with Crippen molar-refractivity contribution in [3.8, 4) is 6.07 Å². The van der Waals surface area contributed by atoms with Crippen molar-refractivity contribution in [3.63, 3.8) is 0 Å². The quantitative estimate of drug-likeness (QED) is 0.708. The van der Waals surface area contributed by atoms with E-state index in [1.54, 1.807) is 0 Å². The molecule has 0 radical (unpaired) electrons. The molecule has 1 rings (SSSR count). The second-order valence-electron chi connectivity index (χ2n) is 3.57. The summed E-state index contributed by atoms with van der Waals surface area (Å²) in [5, 5.41) is 13.0. The molecule has 1 aromatic rings. The zero-order valence-electron chi connectivity index (χ0n) is 8.41. The average Bonchev–Trinajstić information content (AvgIpc) is 2.46. The number of hydrogen-bond donors (Lipinski definition) is 0. The molecule has 13 heavy (non-hydrogen) atoms. The fraction of sp³-hybridized carbons (Fsp3) is 0.600. The molecule has 0 spiro atoms. The molecule has 0 aliphatic heterocycles. The van der Waals surface area contributed by atoms with Crippen molar-refractivity contribution in [3.05, 3.63) is 17.5 Å². The summed E-state index contributed by atoms with van der Waals surface area (Å²) in [5.74, 6) is 0.571. The molecule has 0 aliphatic rings. The van der Waals surface area contributed by atoms with Crippen molar-refractivity contribution in [1.82, 2.24) is 9.78 Å². The Morgan fingerprint density at radius 3 is 2.77 bits per heavy atom. The van der Waals surface area contributed by atoms with Gasteiger partial charge in [-0.3, -0.25) is 4.68 Å². The fourth-order valence-electron chi connectivity index (χ4n) is 1.31. The van der Waals surface area contributed by atoms with Gasteiger partial charge in [0.25, 0.3) is 0 Å². The first-order valence-electron chi connectivity index (χ1n) is 4.63. The van der Waals surface area contributed by atoms with Gasteiger partial charge in [0.2, 0.25) is 0 Å². The molecule has 0 atom stereocenters. The summed E-state index contributed by atoms with van der Waals surface area (Å²) in [4.78, 5) is 0. The van der Waals surface area contributed by atoms with Crippen LogP contribution in [0.25, 0.3) is 0 Å². The Labute approximate surface area is 79.0 Å². The van der Waals surface area contributed by atoms with Crippen LogP contribution >= 0.6 is 0 Å². The van der Waals surface area contributed by atoms with Gasteiger partial charge >= 0.3 is 0 Å². The minimum atomic E-state index is 0.571. The number of aromatic nitrogens is 2. The summed E-state index contributed by atoms with van der Waals surface area (Å²) in [6.07, 6.45) is 2.90. The third kappa shape index (κ3) is 2.32. The smallest absolute Gasteiger partial charge is 0.165 e. The molecule has 0 saturated carbocycles. The predicted molar refractivity (Wildman–Crippen MR) is 51.2 cm³/mol. The third-order valence-electron chi connectivity index (χ3n) is 1.90. The van der Waals surface area contributed by atoms with Crippen molar-refractivity contribution in [1.29, 1.82) is 5.26 Å². The first-order chi connectivity index (χ1) is 6.17. The maximum Gasteiger partial charge on any atom is 0.165 e. The maximum absolute atomic E-state index is 8.81. The van der Waals surface area contributed by atoms with Gasteiger partial charge in [-0.15, -0.1) is 0 Å². The zero-order chi connectivity index (χ0) is 9.84. The first-order valence-corrected chi connectivity index (χ1v) is 4.63. The summed E-state index contributed by atoms with van der Waals surface area (Å²) < 4.78 is 1.82. The topological polar surface area (TPSA) is 41.6 Å². The molecular weight excluding hydrogens is 162 g/mol. The lowest BCUT2D eigenvalue weighted by Crippen LogP contribution is -1.94. The third-order valence-corrected chi connectivity index (χ3v) is 1.90. The number of rotatable bonds is 3. The van der Waals surface area contributed by atoms with Crippen molar-refractivity contribution < 1.29 is 0 Å². The van der Waals surface area contributed by atoms with E-state index < -0.39 is 0 Å². The van der Waals surface area contributed by atoms with Crippen LogP contribution < -0.4 is 0 Å². The Balaban J connectivity index is 2.92. The van der Waals surface area contributed by atoms with Crippen molar-refractivity contribution in [2.24, 2.45) is 5.92 Å². The molecule has 0 fully saturated rings. The van der Waals surface area contributed by atoms with Gasteiger partial charge in [0.15, 0.2) is 5.69 Å². The predicted octanol–water partition coefficient (Wildman–Crippen LogP) is 1.97. The van der Waals surface area contributed by atoms with Crippen LogP contribution in [-0.4, -0.2) is 9.78 Å². The second kappa shape index (κ2) is 4.08. The SMILES string of the molecule is CCn1cc(CC(C)C)c(C#N)n1. The molecule has 0 N–H and O–H groups in total. The molecule has 0 amide bonds. The van der Waals surface area contributed by atoms with Gasteiger partial charge < -0.3 is 0 Å². The minimum absolute atomic E-state index is 0.571. The lowest BCUT2D eigenvalue weighted by Gasteiger charge is -2.00. The zero-order valence-corrected chi connectivity index (χ0v) is 8.41. The molecule has 1 heterocycles. The van der Waals surface area contributed by atoms with Crippen LogP contribution in [0, 0.1) is 17.2 Å². The van der Waals surface area contributed by atoms with Gasteiger partial charge in [0, 0.05) is 18.3 Å². The molecular formula is C10H15N3. The van der Waals surface area contributed by atoms with Gasteiger partial charge in [0.05, 0.1) is 0 Å². The lowest BCUT2D eigenvalue weighted by atomic mass is 10.0. The van der Waals surface area contributed by atoms with E-state index in [2.05, 4.69) is 25.0 Å². The molecule has 0 unspecified atom stereocenters. The minimum Gasteiger partial charge on any atom is -0.271 e. The number of nitriles is 1. The highest BCUT2D eigenvalue weighted by Gasteiger charge is 2.08. The van der Waals surface area contributed by atoms with E-state index in [1.807, 2.05) is 17.8 Å². The molecule has 70 valence electrons. The number of nitrogens with zero attached hydrogens (tertiary/aromatic N) is 3. The maximum atomic E-state index is 8.81. The van der Waals surface area contributed by atoms with E-state index in [4.69, 9.17) is 5.26 Å². The Hall–Kier alpha value is -1.30. The summed E-state index contributed by atoms with van der Waals surface area (Å²) >= 11 is 0. The lowest BCUT2D eigenvalue weighted by molar-refractivity contribution is 0.640. The Bertz CT molecular complexity index is 317. The highest BCUT2D eigenvalue weighted by Crippen LogP contribution is 2.11. The molecule has 0 aliphatic carbocycles. The average molecular weight is 177 g/mol. The van der Waals surface area contributed by atoms with Crippen LogP contribution in [0.3, 0.4) is 0 Å². The van der Waals surface area contributed by atoms with Crippen LogP contribution in [0.4, 0.5) is 0 Å². The molecule has 0 saturated heterocycles. The summed E-state index contributed by atoms with van der Waals surface area (Å²) in [5.41, 5.74) is 1.65. The Morgan fingerprint density at radius 2 is 2.31 bits per heavy atom. The van der Waals surface area contributed by atoms with Crippen LogP contribution in [0.15, 0.2) is 6.20 Å². The first kappa shape index (κ1) is 9.79. The van der Waals surface area contributed by atoms with Crippen LogP contribution in [0.2, 0.25) is 0 Å². The number of hydrogen-bond acceptors (Lipinski definition) is 2. The Morgan fingerprint density at radius 1 is 1.62 bits per heavy atom. The highest BCUT2D eigenvalue weighted by molar-refractivity contribution is 5.29. The second-order valence-corrected chi connectivity index (χ2v) is 3.57. The summed E-state index contributed by atoms with van der Waals surface area (Å²) in [7, 11) is 0. The fourth-order valence-corrected chi connectivity index (χ4v) is 1.31. The monoisotopic (exact) mass is 177 g/mol. The molecule has 3 heteroatoms. The van der Waals surface area contributed by atoms with Gasteiger partial charge in [-0.2, -0.15) is 10.4 Å². The van der Waals surface area contributed by atoms with Gasteiger partial charge in [-0.25, -0.2) is 0 Å². The standard InChI is InChI=1S/C10H15N3/c1-4-13-7-9(5-8(2)3)10(6-11)12-13/h7-8H,4-5H2,1-3H3. The van der Waals surface area contributed by atoms with Crippen LogP contribution in [-0.2, 0) is 13.0 Å². The van der Waals surface area contributed by atoms with Gasteiger partial charge in [-0.05, 0) is 19.3 Å². The molecule has 0 aromatic carbocycles. The number of aryl methyl sites for hydroxylation is 1. The Kier molecular flexibility index (Phi) is 3.07. The van der Waals surface area contributed by atoms with Crippen molar-refractivity contribution >= 4 is 0 Å². The van der Waals surface area contributed by atoms with Gasteiger partial charge in [0.1, 0.15) is 6.07 Å². The molecule has 1 aromatic heterocycles. The highest BCUT2D eigenvalue weighted by atomic mass is 15.3.